The number of phenolic OH excluding ortho intramolecular Hbond substituents is 1. The van der Waals surface area contributed by atoms with Gasteiger partial charge in [-0.3, -0.25) is 14.9 Å². The van der Waals surface area contributed by atoms with Crippen LogP contribution in [0.25, 0.3) is 0 Å². The fourth-order valence-corrected chi connectivity index (χ4v) is 2.01. The van der Waals surface area contributed by atoms with Crippen LogP contribution in [0, 0.1) is 10.1 Å². The van der Waals surface area contributed by atoms with Crippen LogP contribution in [0.1, 0.15) is 16.8 Å². The molecule has 0 radical (unpaired) electrons. The van der Waals surface area contributed by atoms with Gasteiger partial charge in [-0.1, -0.05) is 0 Å². The van der Waals surface area contributed by atoms with Gasteiger partial charge in [0.15, 0.2) is 5.75 Å². The first-order valence-corrected chi connectivity index (χ1v) is 5.83. The van der Waals surface area contributed by atoms with Gasteiger partial charge >= 0.3 is 5.69 Å². The lowest BCUT2D eigenvalue weighted by Crippen LogP contribution is -2.37. The number of nitro benzene ring substituents is 1. The SMILES string of the molecule is CN(C(=O)c1ccc([N+](=O)[O-])c(O)c1)C1CCOC1. The van der Waals surface area contributed by atoms with Crippen LogP contribution in [0.3, 0.4) is 0 Å². The Kier molecular flexibility index (Phi) is 3.66. The summed E-state index contributed by atoms with van der Waals surface area (Å²) >= 11 is 0. The van der Waals surface area contributed by atoms with E-state index in [4.69, 9.17) is 4.74 Å². The molecule has 0 aliphatic carbocycles. The molecule has 0 spiro atoms. The Balaban J connectivity index is 2.19. The van der Waals surface area contributed by atoms with Crippen molar-refractivity contribution in [2.24, 2.45) is 0 Å². The van der Waals surface area contributed by atoms with Gasteiger partial charge in [0.25, 0.3) is 5.91 Å². The number of ether oxygens (including phenoxy) is 1. The van der Waals surface area contributed by atoms with Crippen LogP contribution >= 0.6 is 0 Å². The average Bonchev–Trinajstić information content (AvgIpc) is 2.90. The highest BCUT2D eigenvalue weighted by Crippen LogP contribution is 2.27. The maximum Gasteiger partial charge on any atom is 0.310 e. The number of rotatable bonds is 3. The van der Waals surface area contributed by atoms with E-state index < -0.39 is 16.4 Å². The summed E-state index contributed by atoms with van der Waals surface area (Å²) in [4.78, 5) is 23.6. The first-order valence-electron chi connectivity index (χ1n) is 5.83. The minimum Gasteiger partial charge on any atom is -0.502 e. The Morgan fingerprint density at radius 3 is 2.84 bits per heavy atom. The summed E-state index contributed by atoms with van der Waals surface area (Å²) in [6.45, 7) is 1.11. The Labute approximate surface area is 109 Å². The van der Waals surface area contributed by atoms with Gasteiger partial charge in [-0.25, -0.2) is 0 Å². The van der Waals surface area contributed by atoms with Gasteiger partial charge in [-0.05, 0) is 18.6 Å². The zero-order valence-corrected chi connectivity index (χ0v) is 10.4. The molecule has 1 fully saturated rings. The van der Waals surface area contributed by atoms with Gasteiger partial charge < -0.3 is 14.7 Å². The monoisotopic (exact) mass is 266 g/mol. The van der Waals surface area contributed by atoms with Crippen molar-refractivity contribution in [3.05, 3.63) is 33.9 Å². The van der Waals surface area contributed by atoms with Crippen LogP contribution in [0.2, 0.25) is 0 Å². The molecular formula is C12H14N2O5. The summed E-state index contributed by atoms with van der Waals surface area (Å²) in [6, 6.07) is 3.59. The van der Waals surface area contributed by atoms with E-state index in [0.717, 1.165) is 18.6 Å². The lowest BCUT2D eigenvalue weighted by Gasteiger charge is -2.23. The van der Waals surface area contributed by atoms with Crippen LogP contribution in [-0.2, 0) is 4.74 Å². The molecule has 102 valence electrons. The molecule has 0 aromatic heterocycles. The number of carbonyl (C=O) groups is 1. The number of hydrogen-bond acceptors (Lipinski definition) is 5. The third-order valence-electron chi connectivity index (χ3n) is 3.19. The van der Waals surface area contributed by atoms with E-state index >= 15 is 0 Å². The first kappa shape index (κ1) is 13.3. The van der Waals surface area contributed by atoms with E-state index in [1.807, 2.05) is 0 Å². The molecule has 1 aliphatic heterocycles. The predicted octanol–water partition coefficient (Wildman–Crippen LogP) is 1.16. The maximum atomic E-state index is 12.2. The van der Waals surface area contributed by atoms with Gasteiger partial charge in [-0.15, -0.1) is 0 Å². The molecule has 2 rings (SSSR count). The third-order valence-corrected chi connectivity index (χ3v) is 3.19. The average molecular weight is 266 g/mol. The Morgan fingerprint density at radius 1 is 1.58 bits per heavy atom. The third kappa shape index (κ3) is 2.65. The van der Waals surface area contributed by atoms with Crippen molar-refractivity contribution in [3.63, 3.8) is 0 Å². The van der Waals surface area contributed by atoms with Crippen LogP contribution in [-0.4, -0.2) is 47.1 Å². The molecule has 1 atom stereocenters. The molecule has 0 bridgehead atoms. The lowest BCUT2D eigenvalue weighted by atomic mass is 10.1. The number of phenols is 1. The van der Waals surface area contributed by atoms with Crippen LogP contribution in [0.5, 0.6) is 5.75 Å². The van der Waals surface area contributed by atoms with Crippen molar-refractivity contribution in [1.82, 2.24) is 4.90 Å². The summed E-state index contributed by atoms with van der Waals surface area (Å²) in [5.41, 5.74) is -0.194. The molecule has 1 N–H and O–H groups in total. The van der Waals surface area contributed by atoms with Crippen LogP contribution in [0.15, 0.2) is 18.2 Å². The van der Waals surface area contributed by atoms with E-state index in [0.29, 0.717) is 13.2 Å². The number of nitro groups is 1. The summed E-state index contributed by atoms with van der Waals surface area (Å²) in [5.74, 6) is -0.799. The molecule has 7 nitrogen and oxygen atoms in total. The number of likely N-dealkylation sites (N-methyl/N-ethyl adjacent to an activating group) is 1. The summed E-state index contributed by atoms with van der Waals surface area (Å²) < 4.78 is 5.21. The van der Waals surface area contributed by atoms with Gasteiger partial charge in [0.2, 0.25) is 0 Å². The summed E-state index contributed by atoms with van der Waals surface area (Å²) in [7, 11) is 1.65. The molecule has 1 saturated heterocycles. The van der Waals surface area contributed by atoms with E-state index in [1.54, 1.807) is 7.05 Å². The second-order valence-electron chi connectivity index (χ2n) is 4.39. The molecule has 1 aromatic rings. The number of amides is 1. The molecular weight excluding hydrogens is 252 g/mol. The highest BCUT2D eigenvalue weighted by molar-refractivity contribution is 5.95. The fraction of sp³-hybridized carbons (Fsp3) is 0.417. The Bertz CT molecular complexity index is 511. The molecule has 1 unspecified atom stereocenters. The zero-order chi connectivity index (χ0) is 14.0. The molecule has 1 aliphatic rings. The number of benzene rings is 1. The number of hydrogen-bond donors (Lipinski definition) is 1. The van der Waals surface area contributed by atoms with Crippen LogP contribution < -0.4 is 0 Å². The highest BCUT2D eigenvalue weighted by Gasteiger charge is 2.26. The van der Waals surface area contributed by atoms with Gasteiger partial charge in [0.05, 0.1) is 17.6 Å². The Hall–Kier alpha value is -2.15. The molecule has 0 saturated carbocycles. The largest absolute Gasteiger partial charge is 0.502 e. The number of carbonyl (C=O) groups excluding carboxylic acids is 1. The summed E-state index contributed by atoms with van der Waals surface area (Å²) in [6.07, 6.45) is 0.765. The van der Waals surface area contributed by atoms with Crippen molar-refractivity contribution >= 4 is 11.6 Å². The van der Waals surface area contributed by atoms with Crippen molar-refractivity contribution in [2.45, 2.75) is 12.5 Å². The number of nitrogens with zero attached hydrogens (tertiary/aromatic N) is 2. The van der Waals surface area contributed by atoms with E-state index in [1.165, 1.54) is 11.0 Å². The van der Waals surface area contributed by atoms with E-state index in [-0.39, 0.29) is 17.5 Å². The fourth-order valence-electron chi connectivity index (χ4n) is 2.01. The normalized spacial score (nSPS) is 18.3. The summed E-state index contributed by atoms with van der Waals surface area (Å²) in [5, 5.41) is 20.1. The van der Waals surface area contributed by atoms with Crippen molar-refractivity contribution < 1.29 is 19.6 Å². The maximum absolute atomic E-state index is 12.2. The van der Waals surface area contributed by atoms with E-state index in [9.17, 15) is 20.0 Å². The van der Waals surface area contributed by atoms with E-state index in [2.05, 4.69) is 0 Å². The quantitative estimate of drug-likeness (QED) is 0.654. The second kappa shape index (κ2) is 5.23. The Morgan fingerprint density at radius 2 is 2.32 bits per heavy atom. The highest BCUT2D eigenvalue weighted by atomic mass is 16.6. The molecule has 1 heterocycles. The zero-order valence-electron chi connectivity index (χ0n) is 10.4. The first-order chi connectivity index (χ1) is 9.00. The van der Waals surface area contributed by atoms with Crippen LogP contribution in [0.4, 0.5) is 5.69 Å². The van der Waals surface area contributed by atoms with Crippen molar-refractivity contribution in [2.75, 3.05) is 20.3 Å². The second-order valence-corrected chi connectivity index (χ2v) is 4.39. The molecule has 1 amide bonds. The molecule has 7 heteroatoms. The van der Waals surface area contributed by atoms with Crippen molar-refractivity contribution in [3.8, 4) is 5.75 Å². The predicted molar refractivity (Wildman–Crippen MR) is 66.1 cm³/mol. The minimum absolute atomic E-state index is 0.00448. The van der Waals surface area contributed by atoms with Gasteiger partial charge in [0, 0.05) is 25.3 Å². The lowest BCUT2D eigenvalue weighted by molar-refractivity contribution is -0.385. The van der Waals surface area contributed by atoms with Gasteiger partial charge in [-0.2, -0.15) is 0 Å². The van der Waals surface area contributed by atoms with Gasteiger partial charge in [0.1, 0.15) is 0 Å². The smallest absolute Gasteiger partial charge is 0.310 e. The van der Waals surface area contributed by atoms with Crippen molar-refractivity contribution in [1.29, 1.82) is 0 Å². The molecule has 19 heavy (non-hydrogen) atoms. The minimum atomic E-state index is -0.696. The standard InChI is InChI=1S/C12H14N2O5/c1-13(9-4-5-19-7-9)12(16)8-2-3-10(14(17)18)11(15)6-8/h2-3,6,9,15H,4-5,7H2,1H3. The topological polar surface area (TPSA) is 92.9 Å². The number of aromatic hydroxyl groups is 1. The molecule has 1 aromatic carbocycles.